The number of ether oxygens (including phenoxy) is 2. The predicted octanol–water partition coefficient (Wildman–Crippen LogP) is 4.61. The molecule has 3 rings (SSSR count). The van der Waals surface area contributed by atoms with Gasteiger partial charge in [-0.15, -0.1) is 0 Å². The standard InChI is InChI=1S/C16H14BrNO2/c1-19-13-5-11(6-14(9-13)20-2)15-7-10-3-4-12(17)8-16(10)18-15/h3-9,18H,1-2H3. The lowest BCUT2D eigenvalue weighted by Crippen LogP contribution is -1.88. The van der Waals surface area contributed by atoms with Gasteiger partial charge < -0.3 is 14.5 Å². The largest absolute Gasteiger partial charge is 0.497 e. The Bertz CT molecular complexity index is 742. The summed E-state index contributed by atoms with van der Waals surface area (Å²) in [5, 5.41) is 1.17. The minimum Gasteiger partial charge on any atom is -0.497 e. The van der Waals surface area contributed by atoms with Crippen molar-refractivity contribution in [2.45, 2.75) is 0 Å². The van der Waals surface area contributed by atoms with Gasteiger partial charge >= 0.3 is 0 Å². The molecule has 1 N–H and O–H groups in total. The molecule has 0 bridgehead atoms. The number of halogens is 1. The number of hydrogen-bond donors (Lipinski definition) is 1. The van der Waals surface area contributed by atoms with Crippen molar-refractivity contribution in [2.75, 3.05) is 14.2 Å². The molecule has 0 atom stereocenters. The van der Waals surface area contributed by atoms with E-state index in [2.05, 4.69) is 39.1 Å². The molecule has 0 radical (unpaired) electrons. The van der Waals surface area contributed by atoms with E-state index in [9.17, 15) is 0 Å². The Morgan fingerprint density at radius 3 is 2.25 bits per heavy atom. The highest BCUT2D eigenvalue weighted by atomic mass is 79.9. The molecule has 0 saturated heterocycles. The first kappa shape index (κ1) is 13.1. The Balaban J connectivity index is 2.14. The maximum atomic E-state index is 5.31. The van der Waals surface area contributed by atoms with Crippen molar-refractivity contribution >= 4 is 26.8 Å². The van der Waals surface area contributed by atoms with E-state index in [0.717, 1.165) is 32.7 Å². The Morgan fingerprint density at radius 2 is 1.60 bits per heavy atom. The third-order valence-corrected chi connectivity index (χ3v) is 3.74. The van der Waals surface area contributed by atoms with Crippen molar-refractivity contribution in [3.05, 3.63) is 46.9 Å². The van der Waals surface area contributed by atoms with Gasteiger partial charge in [-0.05, 0) is 30.3 Å². The normalized spacial score (nSPS) is 10.8. The fourth-order valence-corrected chi connectivity index (χ4v) is 2.58. The number of methoxy groups -OCH3 is 2. The highest BCUT2D eigenvalue weighted by molar-refractivity contribution is 9.10. The van der Waals surface area contributed by atoms with Gasteiger partial charge in [0.2, 0.25) is 0 Å². The smallest absolute Gasteiger partial charge is 0.123 e. The number of H-pyrrole nitrogens is 1. The van der Waals surface area contributed by atoms with Crippen LogP contribution in [0, 0.1) is 0 Å². The SMILES string of the molecule is COc1cc(OC)cc(-c2cc3ccc(Br)cc3[nH]2)c1. The zero-order valence-electron chi connectivity index (χ0n) is 11.2. The van der Waals surface area contributed by atoms with Gasteiger partial charge in [0, 0.05) is 32.7 Å². The molecule has 0 amide bonds. The van der Waals surface area contributed by atoms with Gasteiger partial charge in [-0.3, -0.25) is 0 Å². The maximum Gasteiger partial charge on any atom is 0.123 e. The first-order valence-electron chi connectivity index (χ1n) is 6.21. The quantitative estimate of drug-likeness (QED) is 0.760. The summed E-state index contributed by atoms with van der Waals surface area (Å²) in [7, 11) is 3.31. The van der Waals surface area contributed by atoms with Crippen LogP contribution < -0.4 is 9.47 Å². The van der Waals surface area contributed by atoms with Crippen LogP contribution in [0.5, 0.6) is 11.5 Å². The van der Waals surface area contributed by atoms with Crippen LogP contribution in [0.3, 0.4) is 0 Å². The first-order chi connectivity index (χ1) is 9.69. The molecule has 0 aliphatic rings. The monoisotopic (exact) mass is 331 g/mol. The van der Waals surface area contributed by atoms with Gasteiger partial charge in [0.05, 0.1) is 14.2 Å². The molecule has 2 aromatic carbocycles. The number of rotatable bonds is 3. The van der Waals surface area contributed by atoms with Crippen LogP contribution in [-0.4, -0.2) is 19.2 Å². The molecule has 0 saturated carbocycles. The number of fused-ring (bicyclic) bond motifs is 1. The van der Waals surface area contributed by atoms with Crippen molar-refractivity contribution in [3.8, 4) is 22.8 Å². The minimum absolute atomic E-state index is 0.777. The summed E-state index contributed by atoms with van der Waals surface area (Å²) in [6.45, 7) is 0. The zero-order chi connectivity index (χ0) is 14.1. The molecule has 0 spiro atoms. The van der Waals surface area contributed by atoms with Crippen molar-refractivity contribution in [1.29, 1.82) is 0 Å². The molecular weight excluding hydrogens is 318 g/mol. The molecule has 20 heavy (non-hydrogen) atoms. The lowest BCUT2D eigenvalue weighted by molar-refractivity contribution is 0.394. The summed E-state index contributed by atoms with van der Waals surface area (Å²) in [5.41, 5.74) is 3.17. The van der Waals surface area contributed by atoms with Crippen LogP contribution in [0.2, 0.25) is 0 Å². The molecule has 0 unspecified atom stereocenters. The van der Waals surface area contributed by atoms with Crippen LogP contribution >= 0.6 is 15.9 Å². The fourth-order valence-electron chi connectivity index (χ4n) is 2.22. The lowest BCUT2D eigenvalue weighted by atomic mass is 10.1. The number of aromatic amines is 1. The molecule has 3 aromatic rings. The second kappa shape index (κ2) is 5.21. The minimum atomic E-state index is 0.777. The third kappa shape index (κ3) is 2.39. The van der Waals surface area contributed by atoms with E-state index in [-0.39, 0.29) is 0 Å². The fraction of sp³-hybridized carbons (Fsp3) is 0.125. The summed E-state index contributed by atoms with van der Waals surface area (Å²) in [6, 6.07) is 14.1. The van der Waals surface area contributed by atoms with Crippen LogP contribution in [0.15, 0.2) is 46.9 Å². The van der Waals surface area contributed by atoms with Crippen LogP contribution in [0.1, 0.15) is 0 Å². The van der Waals surface area contributed by atoms with Gasteiger partial charge in [-0.1, -0.05) is 22.0 Å². The Kier molecular flexibility index (Phi) is 3.40. The average Bonchev–Trinajstić information content (AvgIpc) is 2.89. The van der Waals surface area contributed by atoms with Crippen molar-refractivity contribution in [2.24, 2.45) is 0 Å². The second-order valence-electron chi connectivity index (χ2n) is 4.52. The van der Waals surface area contributed by atoms with E-state index in [1.807, 2.05) is 24.3 Å². The second-order valence-corrected chi connectivity index (χ2v) is 5.43. The Labute approximate surface area is 125 Å². The Hall–Kier alpha value is -1.94. The highest BCUT2D eigenvalue weighted by Gasteiger charge is 2.07. The molecule has 1 heterocycles. The van der Waals surface area contributed by atoms with Crippen molar-refractivity contribution in [1.82, 2.24) is 4.98 Å². The first-order valence-corrected chi connectivity index (χ1v) is 7.00. The number of benzene rings is 2. The van der Waals surface area contributed by atoms with Gasteiger partial charge in [0.15, 0.2) is 0 Å². The predicted molar refractivity (Wildman–Crippen MR) is 84.5 cm³/mol. The van der Waals surface area contributed by atoms with Gasteiger partial charge in [-0.2, -0.15) is 0 Å². The van der Waals surface area contributed by atoms with E-state index in [0.29, 0.717) is 0 Å². The zero-order valence-corrected chi connectivity index (χ0v) is 12.8. The van der Waals surface area contributed by atoms with Crippen molar-refractivity contribution in [3.63, 3.8) is 0 Å². The molecule has 102 valence electrons. The highest BCUT2D eigenvalue weighted by Crippen LogP contribution is 2.31. The summed E-state index contributed by atoms with van der Waals surface area (Å²) < 4.78 is 11.7. The number of aromatic nitrogens is 1. The molecule has 0 aliphatic heterocycles. The molecule has 0 fully saturated rings. The summed E-state index contributed by atoms with van der Waals surface area (Å²) in [4.78, 5) is 3.41. The van der Waals surface area contributed by atoms with Crippen molar-refractivity contribution < 1.29 is 9.47 Å². The summed E-state index contributed by atoms with van der Waals surface area (Å²) in [6.07, 6.45) is 0. The van der Waals surface area contributed by atoms with E-state index in [1.54, 1.807) is 14.2 Å². The summed E-state index contributed by atoms with van der Waals surface area (Å²) in [5.74, 6) is 1.55. The average molecular weight is 332 g/mol. The Morgan fingerprint density at radius 1 is 0.900 bits per heavy atom. The van der Waals surface area contributed by atoms with E-state index < -0.39 is 0 Å². The molecule has 4 heteroatoms. The van der Waals surface area contributed by atoms with Gasteiger partial charge in [-0.25, -0.2) is 0 Å². The topological polar surface area (TPSA) is 34.2 Å². The van der Waals surface area contributed by atoms with Gasteiger partial charge in [0.1, 0.15) is 11.5 Å². The lowest BCUT2D eigenvalue weighted by Gasteiger charge is -2.07. The van der Waals surface area contributed by atoms with E-state index in [1.165, 1.54) is 5.39 Å². The molecule has 1 aromatic heterocycles. The molecular formula is C16H14BrNO2. The van der Waals surface area contributed by atoms with E-state index in [4.69, 9.17) is 9.47 Å². The molecule has 3 nitrogen and oxygen atoms in total. The molecule has 0 aliphatic carbocycles. The maximum absolute atomic E-state index is 5.31. The van der Waals surface area contributed by atoms with Gasteiger partial charge in [0.25, 0.3) is 0 Å². The van der Waals surface area contributed by atoms with Crippen LogP contribution in [0.25, 0.3) is 22.2 Å². The number of nitrogens with one attached hydrogen (secondary N) is 1. The van der Waals surface area contributed by atoms with Crippen LogP contribution in [-0.2, 0) is 0 Å². The third-order valence-electron chi connectivity index (χ3n) is 3.25. The number of hydrogen-bond acceptors (Lipinski definition) is 2. The van der Waals surface area contributed by atoms with E-state index >= 15 is 0 Å². The summed E-state index contributed by atoms with van der Waals surface area (Å²) >= 11 is 3.48. The van der Waals surface area contributed by atoms with Crippen LogP contribution in [0.4, 0.5) is 0 Å².